The van der Waals surface area contributed by atoms with Crippen molar-refractivity contribution in [3.63, 3.8) is 0 Å². The van der Waals surface area contributed by atoms with Crippen LogP contribution in [0.4, 0.5) is 0 Å². The van der Waals surface area contributed by atoms with Gasteiger partial charge in [0.15, 0.2) is 22.8 Å². The third-order valence-corrected chi connectivity index (χ3v) is 53.0. The molecule has 67 heavy (non-hydrogen) atoms. The second-order valence-electron chi connectivity index (χ2n) is 14.2. The van der Waals surface area contributed by atoms with Gasteiger partial charge in [-0.15, -0.1) is 52.5 Å². The fourth-order valence-corrected chi connectivity index (χ4v) is 38.6. The quantitative estimate of drug-likeness (QED) is 0.0245. The van der Waals surface area contributed by atoms with Gasteiger partial charge in [-0.25, -0.2) is 10.1 Å². The zero-order valence-electron chi connectivity index (χ0n) is 42.4. The molecule has 0 heterocycles. The van der Waals surface area contributed by atoms with E-state index in [4.69, 9.17) is 0 Å². The van der Waals surface area contributed by atoms with Gasteiger partial charge in [-0.05, 0) is 146 Å². The van der Waals surface area contributed by atoms with Crippen molar-refractivity contribution in [3.8, 4) is 0 Å². The molecule has 0 amide bonds. The van der Waals surface area contributed by atoms with Crippen molar-refractivity contribution < 1.29 is 79.8 Å². The summed E-state index contributed by atoms with van der Waals surface area (Å²) in [5.74, 6) is 10.4. The molecule has 0 aliphatic rings. The summed E-state index contributed by atoms with van der Waals surface area (Å²) in [5.41, 5.74) is -17.9. The monoisotopic (exact) mass is 1480 g/mol. The largest absolute Gasteiger partial charge is 0.854 e. The molecular formula is C36H98O12P6S12W-4. The SMILES string of the molecule is CCCS(CCC)=P(O)(O)S.CCCS(CCC)=P(O)(O)S.CCCS(CCC)=P(O)(O)S.CCCS(CCC)=P(O)(O)S.CCCS(CCC)=P([O-])(O)S.CCCS(CCC)=P([O-])([O-])[S-].[W]. The van der Waals surface area contributed by atoms with Crippen molar-refractivity contribution in [1.82, 2.24) is 0 Å². The van der Waals surface area contributed by atoms with E-state index in [9.17, 15) is 58.7 Å². The predicted molar refractivity (Wildman–Crippen MR) is 340 cm³/mol. The van der Waals surface area contributed by atoms with Gasteiger partial charge < -0.3 is 76.7 Å². The van der Waals surface area contributed by atoms with Crippen LogP contribution in [-0.2, 0) is 93.8 Å². The van der Waals surface area contributed by atoms with Crippen molar-refractivity contribution in [1.29, 1.82) is 0 Å². The third-order valence-electron chi connectivity index (χ3n) is 7.32. The van der Waals surface area contributed by atoms with Crippen LogP contribution >= 0.6 is 95.4 Å². The Balaban J connectivity index is -0.000000129. The Morgan fingerprint density at radius 1 is 0.299 bits per heavy atom. The van der Waals surface area contributed by atoms with Gasteiger partial charge in [0.05, 0.1) is 0 Å². The summed E-state index contributed by atoms with van der Waals surface area (Å²) in [7, 11) is -1.92. The Morgan fingerprint density at radius 3 is 0.507 bits per heavy atom. The smallest absolute Gasteiger partial charge is 0.198 e. The zero-order valence-corrected chi connectivity index (χ0v) is 60.9. The fourth-order valence-electron chi connectivity index (χ4n) is 4.88. The Morgan fingerprint density at radius 2 is 0.418 bits per heavy atom. The molecule has 0 rings (SSSR count). The summed E-state index contributed by atoms with van der Waals surface area (Å²) in [5, 5.41) is 0. The number of rotatable bonds is 24. The maximum absolute atomic E-state index is 11.1. The molecule has 0 saturated heterocycles. The zero-order chi connectivity index (χ0) is 53.4. The molecular weight excluding hydrogens is 1380 g/mol. The maximum atomic E-state index is 11.1. The normalized spacial score (nSPS) is 13.1. The van der Waals surface area contributed by atoms with Crippen LogP contribution in [-0.4, -0.2) is 113 Å². The van der Waals surface area contributed by atoms with Gasteiger partial charge in [0.1, 0.15) is 0 Å². The first kappa shape index (κ1) is 87.8. The topological polar surface area (TPSA) is 251 Å². The average molecular weight is 1480 g/mol. The Hall–Kier alpha value is 6.99. The van der Waals surface area contributed by atoms with Gasteiger partial charge in [-0.3, -0.25) is 0 Å². The van der Waals surface area contributed by atoms with E-state index in [0.717, 1.165) is 146 Å². The minimum Gasteiger partial charge on any atom is -0.854 e. The first-order valence-electron chi connectivity index (χ1n) is 22.6. The van der Waals surface area contributed by atoms with Crippen LogP contribution in [0.15, 0.2) is 0 Å². The Kier molecular flexibility index (Phi) is 68.7. The average Bonchev–Trinajstić information content (AvgIpc) is 3.16. The van der Waals surface area contributed by atoms with Crippen LogP contribution in [0, 0.1) is 0 Å². The van der Waals surface area contributed by atoms with Crippen LogP contribution in [0.1, 0.15) is 160 Å². The van der Waals surface area contributed by atoms with Gasteiger partial charge in [-0.2, -0.15) is 10.1 Å². The second kappa shape index (κ2) is 52.4. The van der Waals surface area contributed by atoms with Crippen molar-refractivity contribution in [3.05, 3.63) is 0 Å². The van der Waals surface area contributed by atoms with E-state index in [1.165, 1.54) is 0 Å². The van der Waals surface area contributed by atoms with E-state index in [0.29, 0.717) is 0 Å². The number of thiol groups is 5. The fraction of sp³-hybridized carbons (Fsp3) is 1.00. The van der Waals surface area contributed by atoms with Gasteiger partial charge in [0.25, 0.3) is 0 Å². The molecule has 0 saturated carbocycles. The van der Waals surface area contributed by atoms with Crippen LogP contribution in [0.25, 0.3) is 0 Å². The van der Waals surface area contributed by atoms with Gasteiger partial charge >= 0.3 is 0 Å². The molecule has 31 heteroatoms. The Bertz CT molecular complexity index is 1190. The Labute approximate surface area is 471 Å². The van der Waals surface area contributed by atoms with Crippen molar-refractivity contribution in [2.24, 2.45) is 0 Å². The van der Waals surface area contributed by atoms with Crippen molar-refractivity contribution in [2.75, 3.05) is 69.0 Å². The first-order valence-corrected chi connectivity index (χ1v) is 52.4. The molecule has 12 nitrogen and oxygen atoms in total. The molecule has 1 unspecified atom stereocenters. The summed E-state index contributed by atoms with van der Waals surface area (Å²) in [6.07, 6.45) is 11.8. The molecule has 0 fully saturated rings. The second-order valence-corrected chi connectivity index (χ2v) is 63.5. The minimum atomic E-state index is -3.45. The first-order chi connectivity index (χ1) is 30.1. The molecule has 0 aliphatic heterocycles. The molecule has 0 aromatic rings. The molecule has 0 radical (unpaired) electrons. The third kappa shape index (κ3) is 59.0. The van der Waals surface area contributed by atoms with E-state index < -0.39 is 44.2 Å². The minimum absolute atomic E-state index is 0. The van der Waals surface area contributed by atoms with E-state index in [2.05, 4.69) is 129 Å². The summed E-state index contributed by atoms with van der Waals surface area (Å²) in [6, 6.07) is 0. The molecule has 0 spiro atoms. The molecule has 0 aliphatic carbocycles. The van der Waals surface area contributed by atoms with Crippen molar-refractivity contribution >= 4 is 168 Å². The van der Waals surface area contributed by atoms with E-state index in [-0.39, 0.29) is 71.4 Å². The van der Waals surface area contributed by atoms with Crippen LogP contribution in [0.5, 0.6) is 0 Å². The summed E-state index contributed by atoms with van der Waals surface area (Å²) in [4.78, 5) is 116. The maximum Gasteiger partial charge on any atom is 0.198 e. The van der Waals surface area contributed by atoms with Crippen LogP contribution < -0.4 is 14.7 Å². The molecule has 0 aromatic carbocycles. The molecule has 426 valence electrons. The van der Waals surface area contributed by atoms with Gasteiger partial charge in [-0.1, -0.05) is 132 Å². The summed E-state index contributed by atoms with van der Waals surface area (Å²) >= 11 is 23.6. The molecule has 0 aromatic heterocycles. The number of hydrogen-bond acceptors (Lipinski definition) is 4. The van der Waals surface area contributed by atoms with E-state index in [1.54, 1.807) is 0 Å². The number of hydrogen-bond donors (Lipinski definition) is 14. The van der Waals surface area contributed by atoms with Crippen molar-refractivity contribution in [2.45, 2.75) is 160 Å². The molecule has 0 bridgehead atoms. The molecule has 9 N–H and O–H groups in total. The van der Waals surface area contributed by atoms with Gasteiger partial charge in [0, 0.05) is 26.8 Å². The molecule has 1 atom stereocenters. The standard InChI is InChI=1S/4C6H17O2PS2.C6H16O2PS2.C6H14O2PS2.W/c6*1-3-5-11(6-4-2)9(7,8)10;/h4*7-8,10H,3-6H2,1-2H3;3-6H2,1-2H3,(H2-,7,8,10);3-6H2,1-2H3;/q;;;;-1;-3;. The van der Waals surface area contributed by atoms with E-state index in [1.807, 2.05) is 27.7 Å². The summed E-state index contributed by atoms with van der Waals surface area (Å²) in [6.45, 7) is 24.5. The van der Waals surface area contributed by atoms with Gasteiger partial charge in [0.2, 0.25) is 0 Å². The van der Waals surface area contributed by atoms with E-state index >= 15 is 0 Å². The summed E-state index contributed by atoms with van der Waals surface area (Å²) < 4.78 is 0. The predicted octanol–water partition coefficient (Wildman–Crippen LogP) is 9.82. The van der Waals surface area contributed by atoms with Crippen LogP contribution in [0.3, 0.4) is 0 Å². The van der Waals surface area contributed by atoms with Crippen LogP contribution in [0.2, 0.25) is 0 Å².